The summed E-state index contributed by atoms with van der Waals surface area (Å²) in [4.78, 5) is 13.2. The number of hydrogen-bond acceptors (Lipinski definition) is 3. The molecule has 6 heteroatoms. The van der Waals surface area contributed by atoms with Crippen LogP contribution in [0.25, 0.3) is 10.9 Å². The summed E-state index contributed by atoms with van der Waals surface area (Å²) in [5.74, 6) is 0.241. The molecule has 0 spiro atoms. The lowest BCUT2D eigenvalue weighted by atomic mass is 10.0. The highest BCUT2D eigenvalue weighted by atomic mass is 32.2. The number of nitrogens with zero attached hydrogens (tertiary/aromatic N) is 1. The van der Waals surface area contributed by atoms with Gasteiger partial charge in [0.2, 0.25) is 10.0 Å². The molecule has 0 aliphatic heterocycles. The van der Waals surface area contributed by atoms with E-state index in [0.717, 1.165) is 22.7 Å². The Balaban J connectivity index is 1.85. The summed E-state index contributed by atoms with van der Waals surface area (Å²) in [6, 6.07) is 7.93. The van der Waals surface area contributed by atoms with Gasteiger partial charge in [0.15, 0.2) is 5.78 Å². The molecule has 5 nitrogen and oxygen atoms in total. The van der Waals surface area contributed by atoms with Crippen LogP contribution in [0.4, 0.5) is 0 Å². The molecule has 1 aliphatic rings. The number of fused-ring (bicyclic) bond motifs is 1. The summed E-state index contributed by atoms with van der Waals surface area (Å²) >= 11 is 0. The zero-order valence-electron chi connectivity index (χ0n) is 16.2. The van der Waals surface area contributed by atoms with Crippen molar-refractivity contribution in [2.75, 3.05) is 12.8 Å². The second kappa shape index (κ2) is 6.20. The topological polar surface area (TPSA) is 68.2 Å². The van der Waals surface area contributed by atoms with Crippen LogP contribution < -0.4 is 4.72 Å². The van der Waals surface area contributed by atoms with Crippen LogP contribution in [0.1, 0.15) is 44.5 Å². The number of aromatic nitrogens is 1. The van der Waals surface area contributed by atoms with E-state index in [2.05, 4.69) is 37.0 Å². The van der Waals surface area contributed by atoms with E-state index in [4.69, 9.17) is 0 Å². The minimum atomic E-state index is -3.17. The average molecular weight is 377 g/mol. The van der Waals surface area contributed by atoms with Crippen LogP contribution in [0.2, 0.25) is 0 Å². The number of carbonyl (C=O) groups is 1. The summed E-state index contributed by atoms with van der Waals surface area (Å²) in [6.45, 7) is 9.68. The van der Waals surface area contributed by atoms with Gasteiger partial charge in [-0.3, -0.25) is 4.79 Å². The number of hydrogen-bond donors (Lipinski definition) is 1. The van der Waals surface area contributed by atoms with E-state index in [9.17, 15) is 13.2 Å². The average Bonchev–Trinajstić information content (AvgIpc) is 2.81. The van der Waals surface area contributed by atoms with Crippen molar-refractivity contribution in [1.82, 2.24) is 9.29 Å². The minimum absolute atomic E-state index is 0.00664. The normalized spacial score (nSPS) is 19.0. The smallest absolute Gasteiger partial charge is 0.208 e. The number of aryl methyl sites for hydroxylation is 1. The molecular formula is C20H28N2O3S. The van der Waals surface area contributed by atoms with Gasteiger partial charge in [-0.1, -0.05) is 45.9 Å². The first-order valence-electron chi connectivity index (χ1n) is 9.03. The molecule has 1 N–H and O–H groups in total. The molecule has 0 unspecified atom stereocenters. The fourth-order valence-electron chi connectivity index (χ4n) is 4.14. The Kier molecular flexibility index (Phi) is 4.56. The van der Waals surface area contributed by atoms with Crippen LogP contribution in [-0.2, 0) is 16.6 Å². The summed E-state index contributed by atoms with van der Waals surface area (Å²) in [5, 5.41) is 0.979. The van der Waals surface area contributed by atoms with Crippen molar-refractivity contribution in [3.8, 4) is 0 Å². The maximum atomic E-state index is 13.2. The Morgan fingerprint density at radius 1 is 1.15 bits per heavy atom. The Hall–Kier alpha value is -1.66. The molecule has 142 valence electrons. The van der Waals surface area contributed by atoms with Crippen LogP contribution in [0.5, 0.6) is 0 Å². The van der Waals surface area contributed by atoms with Crippen LogP contribution in [0.15, 0.2) is 30.5 Å². The number of Topliss-reactive ketones (excluding diaryl/α,β-unsaturated/α-hetero) is 1. The van der Waals surface area contributed by atoms with Crippen molar-refractivity contribution in [3.63, 3.8) is 0 Å². The number of sulfonamides is 1. The van der Waals surface area contributed by atoms with E-state index in [1.165, 1.54) is 0 Å². The van der Waals surface area contributed by atoms with Gasteiger partial charge >= 0.3 is 0 Å². The molecule has 0 amide bonds. The molecule has 26 heavy (non-hydrogen) atoms. The number of nitrogens with one attached hydrogen (secondary N) is 1. The summed E-state index contributed by atoms with van der Waals surface area (Å²) in [7, 11) is -3.17. The standard InChI is InChI=1S/C20H28N2O3S/c1-19(2)18(20(19,3)4)17(23)15-13-22(12-8-11-21-26(5,24)25)16-10-7-6-9-14(15)16/h6-7,9-10,13,18,21H,8,11-12H2,1-5H3. The molecule has 3 rings (SSSR count). The van der Waals surface area contributed by atoms with Crippen molar-refractivity contribution >= 4 is 26.7 Å². The van der Waals surface area contributed by atoms with Crippen LogP contribution in [0, 0.1) is 16.7 Å². The number of benzene rings is 1. The minimum Gasteiger partial charge on any atom is -0.347 e. The molecule has 1 heterocycles. The van der Waals surface area contributed by atoms with E-state index < -0.39 is 10.0 Å². The van der Waals surface area contributed by atoms with Crippen molar-refractivity contribution in [2.45, 2.75) is 40.7 Å². The van der Waals surface area contributed by atoms with Gasteiger partial charge in [0.25, 0.3) is 0 Å². The zero-order chi connectivity index (χ0) is 19.3. The monoisotopic (exact) mass is 376 g/mol. The summed E-state index contributed by atoms with van der Waals surface area (Å²) in [5.41, 5.74) is 1.81. The maximum absolute atomic E-state index is 13.2. The van der Waals surface area contributed by atoms with Crippen LogP contribution >= 0.6 is 0 Å². The molecule has 1 saturated carbocycles. The molecule has 1 fully saturated rings. The number of ketones is 1. The fourth-order valence-corrected chi connectivity index (χ4v) is 4.66. The lowest BCUT2D eigenvalue weighted by Crippen LogP contribution is -2.23. The molecule has 1 aromatic heterocycles. The molecule has 0 bridgehead atoms. The number of rotatable bonds is 7. The summed E-state index contributed by atoms with van der Waals surface area (Å²) < 4.78 is 27.0. The van der Waals surface area contributed by atoms with Crippen LogP contribution in [-0.4, -0.2) is 31.6 Å². The van der Waals surface area contributed by atoms with E-state index in [1.807, 2.05) is 30.5 Å². The second-order valence-corrected chi connectivity index (χ2v) is 10.3. The van der Waals surface area contributed by atoms with Gasteiger partial charge in [0.1, 0.15) is 0 Å². The van der Waals surface area contributed by atoms with Gasteiger partial charge in [-0.05, 0) is 23.3 Å². The molecule has 0 radical (unpaired) electrons. The number of para-hydroxylation sites is 1. The zero-order valence-corrected chi connectivity index (χ0v) is 17.0. The Morgan fingerprint density at radius 2 is 1.77 bits per heavy atom. The van der Waals surface area contributed by atoms with E-state index in [1.54, 1.807) is 0 Å². The van der Waals surface area contributed by atoms with Gasteiger partial charge in [0, 0.05) is 41.7 Å². The van der Waals surface area contributed by atoms with Gasteiger partial charge in [0.05, 0.1) is 6.26 Å². The first-order valence-corrected chi connectivity index (χ1v) is 10.9. The molecule has 0 atom stereocenters. The SMILES string of the molecule is CC1(C)C(C(=O)c2cn(CCCNS(C)(=O)=O)c3ccccc23)C1(C)C. The fraction of sp³-hybridized carbons (Fsp3) is 0.550. The highest BCUT2D eigenvalue weighted by Gasteiger charge is 2.68. The van der Waals surface area contributed by atoms with Crippen molar-refractivity contribution in [1.29, 1.82) is 0 Å². The largest absolute Gasteiger partial charge is 0.347 e. The third-order valence-corrected chi connectivity index (χ3v) is 7.01. The maximum Gasteiger partial charge on any atom is 0.208 e. The quantitative estimate of drug-likeness (QED) is 0.594. The van der Waals surface area contributed by atoms with Gasteiger partial charge in [-0.25, -0.2) is 13.1 Å². The molecule has 1 aromatic carbocycles. The summed E-state index contributed by atoms with van der Waals surface area (Å²) in [6.07, 6.45) is 3.77. The van der Waals surface area contributed by atoms with Gasteiger partial charge in [-0.15, -0.1) is 0 Å². The van der Waals surface area contributed by atoms with Gasteiger partial charge < -0.3 is 4.57 Å². The lowest BCUT2D eigenvalue weighted by molar-refractivity contribution is 0.0946. The third-order valence-electron chi connectivity index (χ3n) is 6.28. The van der Waals surface area contributed by atoms with Crippen LogP contribution in [0.3, 0.4) is 0 Å². The lowest BCUT2D eigenvalue weighted by Gasteiger charge is -2.05. The molecule has 2 aromatic rings. The third kappa shape index (κ3) is 3.21. The second-order valence-electron chi connectivity index (χ2n) is 8.51. The Labute approximate surface area is 155 Å². The van der Waals surface area contributed by atoms with E-state index in [-0.39, 0.29) is 22.5 Å². The van der Waals surface area contributed by atoms with Crippen molar-refractivity contribution in [3.05, 3.63) is 36.0 Å². The molecule has 0 saturated heterocycles. The van der Waals surface area contributed by atoms with Crippen molar-refractivity contribution < 1.29 is 13.2 Å². The predicted octanol–water partition coefficient (Wildman–Crippen LogP) is 3.45. The first kappa shape index (κ1) is 19.1. The predicted molar refractivity (Wildman–Crippen MR) is 105 cm³/mol. The number of carbonyl (C=O) groups excluding carboxylic acids is 1. The highest BCUT2D eigenvalue weighted by Crippen LogP contribution is 2.69. The molecule has 1 aliphatic carbocycles. The molecular weight excluding hydrogens is 348 g/mol. The van der Waals surface area contributed by atoms with Gasteiger partial charge in [-0.2, -0.15) is 0 Å². The Bertz CT molecular complexity index is 941. The van der Waals surface area contributed by atoms with Crippen molar-refractivity contribution in [2.24, 2.45) is 16.7 Å². The highest BCUT2D eigenvalue weighted by molar-refractivity contribution is 7.88. The van der Waals surface area contributed by atoms with E-state index >= 15 is 0 Å². The Morgan fingerprint density at radius 3 is 2.35 bits per heavy atom. The first-order chi connectivity index (χ1) is 12.0. The van der Waals surface area contributed by atoms with E-state index in [0.29, 0.717) is 19.5 Å².